The molecule has 1 saturated carbocycles. The normalized spacial score (nSPS) is 33.3. The quantitative estimate of drug-likeness (QED) is 0.908. The van der Waals surface area contributed by atoms with Crippen LogP contribution in [-0.2, 0) is 6.42 Å². The van der Waals surface area contributed by atoms with Crippen LogP contribution in [0.1, 0.15) is 37.0 Å². The Kier molecular flexibility index (Phi) is 3.73. The number of fused-ring (bicyclic) bond motifs is 1. The molecule has 1 saturated heterocycles. The molecule has 0 amide bonds. The van der Waals surface area contributed by atoms with E-state index in [1.54, 1.807) is 0 Å². The zero-order valence-corrected chi connectivity index (χ0v) is 11.8. The first-order valence-corrected chi connectivity index (χ1v) is 8.11. The zero-order chi connectivity index (χ0) is 12.4. The van der Waals surface area contributed by atoms with E-state index in [0.717, 1.165) is 32.5 Å². The Labute approximate surface area is 114 Å². The Balaban J connectivity index is 1.54. The summed E-state index contributed by atoms with van der Waals surface area (Å²) in [6, 6.07) is 4.36. The third-order valence-electron chi connectivity index (χ3n) is 4.77. The molecule has 1 aliphatic heterocycles. The number of thiophene rings is 1. The third-order valence-corrected chi connectivity index (χ3v) is 5.70. The van der Waals surface area contributed by atoms with Crippen LogP contribution >= 0.6 is 11.3 Å². The zero-order valence-electron chi connectivity index (χ0n) is 11.0. The van der Waals surface area contributed by atoms with Crippen molar-refractivity contribution in [1.29, 1.82) is 0 Å². The first kappa shape index (κ1) is 12.6. The number of nitrogens with zero attached hydrogens (tertiary/aromatic N) is 1. The summed E-state index contributed by atoms with van der Waals surface area (Å²) in [5.41, 5.74) is -0.322. The molecule has 2 aliphatic rings. The Morgan fingerprint density at radius 3 is 3.17 bits per heavy atom. The molecule has 0 bridgehead atoms. The maximum absolute atomic E-state index is 10.6. The number of hydrogen-bond donors (Lipinski definition) is 1. The molecule has 2 nitrogen and oxygen atoms in total. The van der Waals surface area contributed by atoms with Crippen molar-refractivity contribution < 1.29 is 5.11 Å². The van der Waals surface area contributed by atoms with E-state index >= 15 is 0 Å². The van der Waals surface area contributed by atoms with Crippen LogP contribution in [0.4, 0.5) is 0 Å². The largest absolute Gasteiger partial charge is 0.390 e. The summed E-state index contributed by atoms with van der Waals surface area (Å²) < 4.78 is 0. The highest BCUT2D eigenvalue weighted by Crippen LogP contribution is 2.39. The molecule has 3 rings (SSSR count). The van der Waals surface area contributed by atoms with Gasteiger partial charge in [0.15, 0.2) is 0 Å². The van der Waals surface area contributed by atoms with Crippen LogP contribution in [0.2, 0.25) is 0 Å². The van der Waals surface area contributed by atoms with Gasteiger partial charge in [-0.1, -0.05) is 18.9 Å². The maximum atomic E-state index is 10.6. The summed E-state index contributed by atoms with van der Waals surface area (Å²) in [6.07, 6.45) is 6.96. The maximum Gasteiger partial charge on any atom is 0.0700 e. The van der Waals surface area contributed by atoms with E-state index < -0.39 is 0 Å². The highest BCUT2D eigenvalue weighted by Gasteiger charge is 2.42. The number of aliphatic hydroxyl groups is 1. The number of piperidine rings is 1. The molecule has 2 atom stereocenters. The lowest BCUT2D eigenvalue weighted by Gasteiger charge is -2.47. The van der Waals surface area contributed by atoms with E-state index in [-0.39, 0.29) is 5.60 Å². The van der Waals surface area contributed by atoms with Crippen molar-refractivity contribution >= 4 is 11.3 Å². The van der Waals surface area contributed by atoms with Crippen molar-refractivity contribution in [2.45, 2.75) is 44.1 Å². The van der Waals surface area contributed by atoms with Crippen LogP contribution in [0.15, 0.2) is 17.5 Å². The van der Waals surface area contributed by atoms with Gasteiger partial charge in [0.25, 0.3) is 0 Å². The molecule has 1 aromatic heterocycles. The molecular formula is C15H23NOS. The van der Waals surface area contributed by atoms with Gasteiger partial charge in [-0.25, -0.2) is 0 Å². The van der Waals surface area contributed by atoms with Gasteiger partial charge in [0.1, 0.15) is 0 Å². The van der Waals surface area contributed by atoms with Crippen molar-refractivity contribution in [2.24, 2.45) is 5.92 Å². The van der Waals surface area contributed by atoms with Gasteiger partial charge in [0.2, 0.25) is 0 Å². The molecule has 18 heavy (non-hydrogen) atoms. The summed E-state index contributed by atoms with van der Waals surface area (Å²) in [4.78, 5) is 4.05. The summed E-state index contributed by atoms with van der Waals surface area (Å²) >= 11 is 1.86. The molecule has 1 N–H and O–H groups in total. The minimum atomic E-state index is -0.322. The van der Waals surface area contributed by atoms with Crippen molar-refractivity contribution in [3.63, 3.8) is 0 Å². The van der Waals surface area contributed by atoms with Gasteiger partial charge in [-0.05, 0) is 37.1 Å². The van der Waals surface area contributed by atoms with E-state index in [0.29, 0.717) is 5.92 Å². The Morgan fingerprint density at radius 1 is 1.39 bits per heavy atom. The van der Waals surface area contributed by atoms with Crippen LogP contribution in [-0.4, -0.2) is 35.2 Å². The lowest BCUT2D eigenvalue weighted by Crippen LogP contribution is -2.53. The summed E-state index contributed by atoms with van der Waals surface area (Å²) in [6.45, 7) is 3.35. The average molecular weight is 265 g/mol. The lowest BCUT2D eigenvalue weighted by molar-refractivity contribution is -0.0949. The fraction of sp³-hybridized carbons (Fsp3) is 0.733. The second-order valence-electron chi connectivity index (χ2n) is 5.93. The summed E-state index contributed by atoms with van der Waals surface area (Å²) in [5, 5.41) is 12.8. The van der Waals surface area contributed by atoms with Gasteiger partial charge in [0.05, 0.1) is 5.60 Å². The van der Waals surface area contributed by atoms with E-state index in [9.17, 15) is 5.11 Å². The standard InChI is InChI=1S/C15H23NOS/c17-15-7-2-1-4-13(15)12-16(10-8-15)9-6-14-5-3-11-18-14/h3,5,11,13,17H,1-2,4,6-10,12H2. The van der Waals surface area contributed by atoms with Crippen LogP contribution in [0.25, 0.3) is 0 Å². The fourth-order valence-corrected chi connectivity index (χ4v) is 4.26. The highest BCUT2D eigenvalue weighted by molar-refractivity contribution is 7.09. The monoisotopic (exact) mass is 265 g/mol. The molecule has 1 aliphatic carbocycles. The second kappa shape index (κ2) is 5.32. The molecule has 0 aromatic carbocycles. The SMILES string of the molecule is OC12CCCCC1CN(CCc1cccs1)CC2. The first-order valence-electron chi connectivity index (χ1n) is 7.23. The highest BCUT2D eigenvalue weighted by atomic mass is 32.1. The Hall–Kier alpha value is -0.380. The summed E-state index contributed by atoms with van der Waals surface area (Å²) in [7, 11) is 0. The Morgan fingerprint density at radius 2 is 2.33 bits per heavy atom. The van der Waals surface area contributed by atoms with Gasteiger partial charge in [0, 0.05) is 30.4 Å². The molecule has 2 fully saturated rings. The minimum absolute atomic E-state index is 0.322. The van der Waals surface area contributed by atoms with E-state index in [1.165, 1.54) is 30.6 Å². The van der Waals surface area contributed by atoms with E-state index in [1.807, 2.05) is 11.3 Å². The number of rotatable bonds is 3. The summed E-state index contributed by atoms with van der Waals surface area (Å²) in [5.74, 6) is 0.531. The molecule has 0 spiro atoms. The Bertz CT molecular complexity index is 378. The van der Waals surface area contributed by atoms with Gasteiger partial charge in [-0.2, -0.15) is 0 Å². The minimum Gasteiger partial charge on any atom is -0.390 e. The second-order valence-corrected chi connectivity index (χ2v) is 6.96. The van der Waals surface area contributed by atoms with Gasteiger partial charge < -0.3 is 10.0 Å². The first-order chi connectivity index (χ1) is 8.76. The predicted octanol–water partition coefficient (Wildman–Crippen LogP) is 2.92. The van der Waals surface area contributed by atoms with Crippen molar-refractivity contribution in [1.82, 2.24) is 4.90 Å². The molecule has 3 heteroatoms. The number of hydrogen-bond acceptors (Lipinski definition) is 3. The lowest BCUT2D eigenvalue weighted by atomic mass is 9.71. The third kappa shape index (κ3) is 2.63. The van der Waals surface area contributed by atoms with Gasteiger partial charge in [-0.3, -0.25) is 0 Å². The molecule has 2 unspecified atom stereocenters. The molecular weight excluding hydrogens is 242 g/mol. The van der Waals surface area contributed by atoms with E-state index in [4.69, 9.17) is 0 Å². The predicted molar refractivity (Wildman–Crippen MR) is 76.0 cm³/mol. The number of likely N-dealkylation sites (tertiary alicyclic amines) is 1. The van der Waals surface area contributed by atoms with Gasteiger partial charge >= 0.3 is 0 Å². The molecule has 1 aromatic rings. The van der Waals surface area contributed by atoms with E-state index in [2.05, 4.69) is 22.4 Å². The van der Waals surface area contributed by atoms with Crippen molar-refractivity contribution in [3.8, 4) is 0 Å². The van der Waals surface area contributed by atoms with Crippen LogP contribution in [0, 0.1) is 5.92 Å². The van der Waals surface area contributed by atoms with Gasteiger partial charge in [-0.15, -0.1) is 11.3 Å². The fourth-order valence-electron chi connectivity index (χ4n) is 3.57. The molecule has 0 radical (unpaired) electrons. The molecule has 100 valence electrons. The average Bonchev–Trinajstić information content (AvgIpc) is 2.89. The smallest absolute Gasteiger partial charge is 0.0700 e. The van der Waals surface area contributed by atoms with Crippen molar-refractivity contribution in [2.75, 3.05) is 19.6 Å². The van der Waals surface area contributed by atoms with Crippen LogP contribution in [0.3, 0.4) is 0 Å². The van der Waals surface area contributed by atoms with Crippen LogP contribution < -0.4 is 0 Å². The van der Waals surface area contributed by atoms with Crippen molar-refractivity contribution in [3.05, 3.63) is 22.4 Å². The topological polar surface area (TPSA) is 23.5 Å². The molecule has 2 heterocycles. The van der Waals surface area contributed by atoms with Crippen LogP contribution in [0.5, 0.6) is 0 Å².